The number of alkyl carbamates (subject to hydrolysis) is 1. The maximum Gasteiger partial charge on any atom is 0.419 e. The van der Waals surface area contributed by atoms with Gasteiger partial charge in [-0.2, -0.15) is 0 Å². The molecule has 288 valence electrons. The van der Waals surface area contributed by atoms with E-state index in [1.807, 2.05) is 107 Å². The number of rotatable bonds is 11. The number of thioether (sulfide) groups is 1. The van der Waals surface area contributed by atoms with Crippen LogP contribution >= 0.6 is 11.8 Å². The van der Waals surface area contributed by atoms with Crippen LogP contribution in [0.15, 0.2) is 91.1 Å². The lowest BCUT2D eigenvalue weighted by Crippen LogP contribution is -2.50. The first-order valence-electron chi connectivity index (χ1n) is 18.8. The molecule has 2 atom stereocenters. The number of nitrogens with zero attached hydrogens (tertiary/aromatic N) is 2. The molecule has 5 rings (SSSR count). The van der Waals surface area contributed by atoms with Crippen LogP contribution in [0, 0.1) is 0 Å². The Hall–Kier alpha value is -4.77. The first-order valence-corrected chi connectivity index (χ1v) is 19.8. The van der Waals surface area contributed by atoms with Gasteiger partial charge < -0.3 is 25.0 Å². The van der Waals surface area contributed by atoms with Crippen molar-refractivity contribution in [2.75, 3.05) is 25.4 Å². The number of benzene rings is 3. The minimum absolute atomic E-state index is 0.0636. The van der Waals surface area contributed by atoms with Crippen molar-refractivity contribution in [3.63, 3.8) is 0 Å². The fraction of sp³-hybridized carbons (Fsp3) is 0.442. The summed E-state index contributed by atoms with van der Waals surface area (Å²) in [6.45, 7) is 12.2. The van der Waals surface area contributed by atoms with Gasteiger partial charge in [-0.3, -0.25) is 14.2 Å². The van der Waals surface area contributed by atoms with Crippen LogP contribution in [0.2, 0.25) is 0 Å². The van der Waals surface area contributed by atoms with E-state index >= 15 is 0 Å². The third-order valence-electron chi connectivity index (χ3n) is 9.08. The van der Waals surface area contributed by atoms with Gasteiger partial charge in [0.25, 0.3) is 0 Å². The molecule has 0 spiro atoms. The molecule has 2 unspecified atom stereocenters. The lowest BCUT2D eigenvalue weighted by atomic mass is 9.90. The molecule has 0 radical (unpaired) electrons. The summed E-state index contributed by atoms with van der Waals surface area (Å²) in [5.74, 6) is 0.148. The molecule has 2 heterocycles. The molecule has 1 aliphatic rings. The molecular weight excluding hydrogens is 701 g/mol. The van der Waals surface area contributed by atoms with Crippen LogP contribution in [0.4, 0.5) is 9.59 Å². The van der Waals surface area contributed by atoms with Crippen molar-refractivity contribution in [1.29, 1.82) is 0 Å². The topological polar surface area (TPSA) is 119 Å². The summed E-state index contributed by atoms with van der Waals surface area (Å²) in [4.78, 5) is 56.0. The molecule has 1 saturated heterocycles. The molecule has 0 bridgehead atoms. The SMILES string of the molecule is CC(C)(C)OC(=O)NCCCCC1NC(=O)C(Cc2cn(C(=O)OC(C)(C)C)c3ccccc23)SCCN(CC(c2ccccc2)c2ccccc2)C1=O. The quantitative estimate of drug-likeness (QED) is 0.149. The van der Waals surface area contributed by atoms with Crippen LogP contribution in [-0.2, 0) is 25.5 Å². The molecule has 2 N–H and O–H groups in total. The zero-order valence-corrected chi connectivity index (χ0v) is 33.1. The third kappa shape index (κ3) is 11.4. The number of ether oxygens (including phenoxy) is 2. The van der Waals surface area contributed by atoms with Gasteiger partial charge in [0.05, 0.1) is 10.8 Å². The highest BCUT2D eigenvalue weighted by molar-refractivity contribution is 8.00. The highest BCUT2D eigenvalue weighted by atomic mass is 32.2. The molecule has 54 heavy (non-hydrogen) atoms. The minimum atomic E-state index is -0.754. The van der Waals surface area contributed by atoms with Gasteiger partial charge in [0, 0.05) is 42.9 Å². The average Bonchev–Trinajstić information content (AvgIpc) is 3.50. The Morgan fingerprint density at radius 2 is 1.46 bits per heavy atom. The number of carbonyl (C=O) groups is 4. The minimum Gasteiger partial charge on any atom is -0.444 e. The van der Waals surface area contributed by atoms with Crippen molar-refractivity contribution >= 4 is 46.7 Å². The number of hydrogen-bond acceptors (Lipinski definition) is 7. The number of hydrogen-bond donors (Lipinski definition) is 2. The number of para-hydroxylation sites is 1. The Morgan fingerprint density at radius 1 is 0.852 bits per heavy atom. The molecule has 4 aromatic rings. The maximum absolute atomic E-state index is 14.5. The van der Waals surface area contributed by atoms with E-state index in [1.54, 1.807) is 6.20 Å². The average molecular weight is 755 g/mol. The van der Waals surface area contributed by atoms with E-state index < -0.39 is 34.7 Å². The number of amides is 3. The summed E-state index contributed by atoms with van der Waals surface area (Å²) >= 11 is 1.52. The van der Waals surface area contributed by atoms with Crippen LogP contribution in [0.3, 0.4) is 0 Å². The summed E-state index contributed by atoms with van der Waals surface area (Å²) in [5.41, 5.74) is 2.51. The van der Waals surface area contributed by atoms with E-state index in [1.165, 1.54) is 16.3 Å². The van der Waals surface area contributed by atoms with Gasteiger partial charge in [-0.25, -0.2) is 9.59 Å². The number of unbranched alkanes of at least 4 members (excludes halogenated alkanes) is 1. The largest absolute Gasteiger partial charge is 0.444 e. The van der Waals surface area contributed by atoms with E-state index in [4.69, 9.17) is 9.47 Å². The first-order chi connectivity index (χ1) is 25.7. The summed E-state index contributed by atoms with van der Waals surface area (Å²) in [6, 6.07) is 27.3. The Bertz CT molecular complexity index is 1840. The molecule has 11 heteroatoms. The van der Waals surface area contributed by atoms with Crippen LogP contribution in [0.25, 0.3) is 10.9 Å². The Morgan fingerprint density at radius 3 is 2.09 bits per heavy atom. The summed E-state index contributed by atoms with van der Waals surface area (Å²) in [6.07, 6.45) is 2.79. The standard InChI is InChI=1S/C43H54N4O6S/c1-42(2,3)52-40(50)44-24-16-15-22-35-39(49)46(29-34(30-17-9-7-10-18-30)31-19-11-8-12-20-31)25-26-54-37(38(48)45-35)27-32-28-47(41(51)53-43(4,5)6)36-23-14-13-21-33(32)36/h7-14,17-21,23,28,34-35,37H,15-16,22,24-27,29H2,1-6H3,(H,44,50)(H,45,48). The predicted octanol–water partition coefficient (Wildman–Crippen LogP) is 7.92. The van der Waals surface area contributed by atoms with E-state index in [-0.39, 0.29) is 17.7 Å². The number of fused-ring (bicyclic) bond motifs is 1. The highest BCUT2D eigenvalue weighted by Gasteiger charge is 2.33. The summed E-state index contributed by atoms with van der Waals surface area (Å²) < 4.78 is 12.6. The van der Waals surface area contributed by atoms with Crippen molar-refractivity contribution in [3.8, 4) is 0 Å². The second-order valence-electron chi connectivity index (χ2n) is 15.7. The monoisotopic (exact) mass is 754 g/mol. The summed E-state index contributed by atoms with van der Waals surface area (Å²) in [7, 11) is 0. The van der Waals surface area contributed by atoms with Crippen molar-refractivity contribution in [1.82, 2.24) is 20.1 Å². The highest BCUT2D eigenvalue weighted by Crippen LogP contribution is 2.30. The smallest absolute Gasteiger partial charge is 0.419 e. The molecule has 1 aliphatic heterocycles. The molecule has 1 aromatic heterocycles. The fourth-order valence-corrected chi connectivity index (χ4v) is 7.74. The van der Waals surface area contributed by atoms with Gasteiger partial charge >= 0.3 is 12.2 Å². The molecule has 10 nitrogen and oxygen atoms in total. The molecule has 0 aliphatic carbocycles. The zero-order valence-electron chi connectivity index (χ0n) is 32.3. The van der Waals surface area contributed by atoms with Crippen LogP contribution in [0.5, 0.6) is 0 Å². The lowest BCUT2D eigenvalue weighted by molar-refractivity contribution is -0.136. The second kappa shape index (κ2) is 18.0. The van der Waals surface area contributed by atoms with Crippen molar-refractivity contribution in [3.05, 3.63) is 108 Å². The number of nitrogens with one attached hydrogen (secondary N) is 2. The fourth-order valence-electron chi connectivity index (χ4n) is 6.61. The van der Waals surface area contributed by atoms with Gasteiger partial charge in [0.1, 0.15) is 17.2 Å². The van der Waals surface area contributed by atoms with Crippen molar-refractivity contribution in [2.45, 2.75) is 95.6 Å². The Labute approximate surface area is 323 Å². The molecule has 0 saturated carbocycles. The second-order valence-corrected chi connectivity index (χ2v) is 17.0. The van der Waals surface area contributed by atoms with Crippen LogP contribution in [0.1, 0.15) is 83.4 Å². The predicted molar refractivity (Wildman–Crippen MR) is 215 cm³/mol. The Balaban J connectivity index is 1.39. The molecule has 3 aromatic carbocycles. The van der Waals surface area contributed by atoms with Crippen LogP contribution < -0.4 is 10.6 Å². The van der Waals surface area contributed by atoms with E-state index in [9.17, 15) is 19.2 Å². The van der Waals surface area contributed by atoms with E-state index in [2.05, 4.69) is 34.9 Å². The van der Waals surface area contributed by atoms with Gasteiger partial charge in [-0.15, -0.1) is 11.8 Å². The Kier molecular flexibility index (Phi) is 13.5. The third-order valence-corrected chi connectivity index (χ3v) is 10.3. The lowest BCUT2D eigenvalue weighted by Gasteiger charge is -2.31. The molecule has 1 fully saturated rings. The van der Waals surface area contributed by atoms with Gasteiger partial charge in [0.15, 0.2) is 0 Å². The van der Waals surface area contributed by atoms with Gasteiger partial charge in [0.2, 0.25) is 11.8 Å². The molecule has 3 amide bonds. The summed E-state index contributed by atoms with van der Waals surface area (Å²) in [5, 5.41) is 6.29. The molecular formula is C43H54N4O6S. The van der Waals surface area contributed by atoms with Gasteiger partial charge in [-0.05, 0) is 90.0 Å². The van der Waals surface area contributed by atoms with E-state index in [0.717, 1.165) is 22.1 Å². The maximum atomic E-state index is 14.5. The normalized spacial score (nSPS) is 17.1. The van der Waals surface area contributed by atoms with Crippen molar-refractivity contribution in [2.24, 2.45) is 0 Å². The van der Waals surface area contributed by atoms with Crippen LogP contribution in [-0.4, -0.2) is 81.3 Å². The van der Waals surface area contributed by atoms with E-state index in [0.29, 0.717) is 56.6 Å². The number of carbonyl (C=O) groups excluding carboxylic acids is 4. The van der Waals surface area contributed by atoms with Gasteiger partial charge in [-0.1, -0.05) is 78.9 Å². The zero-order chi connectivity index (χ0) is 38.9. The number of aromatic nitrogens is 1. The first kappa shape index (κ1) is 40.4. The van der Waals surface area contributed by atoms with Crippen molar-refractivity contribution < 1.29 is 28.7 Å².